The fourth-order valence-corrected chi connectivity index (χ4v) is 5.38. The molecule has 33 heavy (non-hydrogen) atoms. The maximum atomic E-state index is 12.6. The molecule has 0 bridgehead atoms. The van der Waals surface area contributed by atoms with E-state index in [9.17, 15) is 14.9 Å². The van der Waals surface area contributed by atoms with Gasteiger partial charge in [0.05, 0.1) is 15.1 Å². The van der Waals surface area contributed by atoms with Crippen molar-refractivity contribution < 1.29 is 9.72 Å². The Morgan fingerprint density at radius 2 is 1.82 bits per heavy atom. The van der Waals surface area contributed by atoms with Crippen LogP contribution in [-0.4, -0.2) is 15.8 Å². The molecule has 1 heterocycles. The first kappa shape index (κ1) is 22.9. The number of hydrogen-bond donors (Lipinski definition) is 1. The predicted molar refractivity (Wildman–Crippen MR) is 135 cm³/mol. The van der Waals surface area contributed by atoms with Crippen molar-refractivity contribution in [1.82, 2.24) is 4.98 Å². The summed E-state index contributed by atoms with van der Waals surface area (Å²) in [7, 11) is 0. The number of thiazole rings is 1. The maximum absolute atomic E-state index is 12.6. The maximum Gasteiger partial charge on any atom is 0.282 e. The summed E-state index contributed by atoms with van der Waals surface area (Å²) in [5.74, 6) is 0.311. The highest BCUT2D eigenvalue weighted by Gasteiger charge is 2.19. The number of thioether (sulfide) groups is 1. The monoisotopic (exact) mass is 477 g/mol. The van der Waals surface area contributed by atoms with Gasteiger partial charge in [-0.05, 0) is 40.8 Å². The molecule has 0 unspecified atom stereocenters. The van der Waals surface area contributed by atoms with E-state index in [-0.39, 0.29) is 16.7 Å². The van der Waals surface area contributed by atoms with Gasteiger partial charge in [-0.3, -0.25) is 14.9 Å². The van der Waals surface area contributed by atoms with E-state index >= 15 is 0 Å². The highest BCUT2D eigenvalue weighted by molar-refractivity contribution is 8.00. The molecule has 4 aromatic rings. The lowest BCUT2D eigenvalue weighted by atomic mass is 9.87. The molecule has 0 saturated carbocycles. The molecule has 1 N–H and O–H groups in total. The van der Waals surface area contributed by atoms with E-state index in [2.05, 4.69) is 55.3 Å². The van der Waals surface area contributed by atoms with Crippen LogP contribution in [0.2, 0.25) is 0 Å². The van der Waals surface area contributed by atoms with Crippen molar-refractivity contribution in [2.24, 2.45) is 0 Å². The summed E-state index contributed by atoms with van der Waals surface area (Å²) in [6.07, 6.45) is 0. The molecule has 1 amide bonds. The van der Waals surface area contributed by atoms with Gasteiger partial charge >= 0.3 is 0 Å². The van der Waals surface area contributed by atoms with Crippen molar-refractivity contribution in [2.45, 2.75) is 36.3 Å². The lowest BCUT2D eigenvalue weighted by molar-refractivity contribution is -0.385. The van der Waals surface area contributed by atoms with Gasteiger partial charge in [0.25, 0.3) is 11.6 Å². The third kappa shape index (κ3) is 5.40. The Morgan fingerprint density at radius 1 is 1.09 bits per heavy atom. The van der Waals surface area contributed by atoms with E-state index in [4.69, 9.17) is 0 Å². The van der Waals surface area contributed by atoms with Crippen LogP contribution in [0.1, 0.15) is 42.3 Å². The summed E-state index contributed by atoms with van der Waals surface area (Å²) in [6, 6.07) is 20.1. The van der Waals surface area contributed by atoms with Gasteiger partial charge in [0.2, 0.25) is 0 Å². The minimum atomic E-state index is -0.554. The van der Waals surface area contributed by atoms with Crippen LogP contribution in [0.3, 0.4) is 0 Å². The number of fused-ring (bicyclic) bond motifs is 1. The lowest BCUT2D eigenvalue weighted by Gasteiger charge is -2.19. The zero-order valence-corrected chi connectivity index (χ0v) is 20.1. The van der Waals surface area contributed by atoms with Crippen LogP contribution in [0.25, 0.3) is 10.2 Å². The number of hydrogen-bond acceptors (Lipinski definition) is 6. The number of para-hydroxylation sites is 1. The largest absolute Gasteiger partial charge is 0.322 e. The number of benzene rings is 3. The number of aromatic nitrogens is 1. The zero-order valence-electron chi connectivity index (χ0n) is 18.5. The van der Waals surface area contributed by atoms with E-state index in [0.717, 1.165) is 20.3 Å². The first-order valence-electron chi connectivity index (χ1n) is 10.4. The van der Waals surface area contributed by atoms with E-state index in [1.807, 2.05) is 12.1 Å². The summed E-state index contributed by atoms with van der Waals surface area (Å²) < 4.78 is 1.90. The number of carbonyl (C=O) groups is 1. The van der Waals surface area contributed by atoms with E-state index < -0.39 is 10.8 Å². The second-order valence-corrected chi connectivity index (χ2v) is 10.9. The molecule has 0 atom stereocenters. The minimum absolute atomic E-state index is 0.0284. The summed E-state index contributed by atoms with van der Waals surface area (Å²) in [6.45, 7) is 6.61. The Labute approximate surface area is 200 Å². The molecule has 168 valence electrons. The van der Waals surface area contributed by atoms with Gasteiger partial charge in [0.1, 0.15) is 5.56 Å². The van der Waals surface area contributed by atoms with Crippen LogP contribution in [-0.2, 0) is 11.2 Å². The number of nitro benzene ring substituents is 1. The van der Waals surface area contributed by atoms with Crippen LogP contribution in [0, 0.1) is 10.1 Å². The standard InChI is InChI=1S/C25H23N3O3S2/c1-25(2,3)17-10-8-16(9-11-17)15-32-24-27-20-13-12-18(14-22(20)33-24)26-23(29)19-6-4-5-7-21(19)28(30)31/h4-14H,15H2,1-3H3,(H,26,29). The predicted octanol–water partition coefficient (Wildman–Crippen LogP) is 7.05. The molecule has 3 aromatic carbocycles. The van der Waals surface area contributed by atoms with Gasteiger partial charge in [0, 0.05) is 17.5 Å². The molecule has 8 heteroatoms. The number of amides is 1. The number of nitrogens with one attached hydrogen (secondary N) is 1. The molecule has 6 nitrogen and oxygen atoms in total. The summed E-state index contributed by atoms with van der Waals surface area (Å²) in [5, 5.41) is 14.0. The second-order valence-electron chi connectivity index (χ2n) is 8.63. The van der Waals surface area contributed by atoms with Crippen molar-refractivity contribution in [3.8, 4) is 0 Å². The van der Waals surface area contributed by atoms with E-state index in [0.29, 0.717) is 5.69 Å². The molecule has 0 aliphatic heterocycles. The first-order valence-corrected chi connectivity index (χ1v) is 12.2. The van der Waals surface area contributed by atoms with Gasteiger partial charge in [0.15, 0.2) is 4.34 Å². The van der Waals surface area contributed by atoms with Crippen molar-refractivity contribution in [3.63, 3.8) is 0 Å². The Morgan fingerprint density at radius 3 is 2.52 bits per heavy atom. The first-order chi connectivity index (χ1) is 15.7. The van der Waals surface area contributed by atoms with Gasteiger partial charge < -0.3 is 5.32 Å². The molecule has 0 radical (unpaired) electrons. The Hall–Kier alpha value is -3.23. The van der Waals surface area contributed by atoms with Crippen LogP contribution >= 0.6 is 23.1 Å². The normalized spacial score (nSPS) is 11.5. The fraction of sp³-hybridized carbons (Fsp3) is 0.200. The quantitative estimate of drug-likeness (QED) is 0.183. The molecule has 4 rings (SSSR count). The zero-order chi connectivity index (χ0) is 23.6. The van der Waals surface area contributed by atoms with Crippen molar-refractivity contribution >= 4 is 50.6 Å². The smallest absolute Gasteiger partial charge is 0.282 e. The number of nitrogens with zero attached hydrogens (tertiary/aromatic N) is 2. The number of anilines is 1. The molecule has 1 aromatic heterocycles. The average molecular weight is 478 g/mol. The third-order valence-electron chi connectivity index (χ3n) is 5.15. The highest BCUT2D eigenvalue weighted by Crippen LogP contribution is 2.33. The number of carbonyl (C=O) groups excluding carboxylic acids is 1. The van der Waals surface area contributed by atoms with Crippen LogP contribution < -0.4 is 5.32 Å². The van der Waals surface area contributed by atoms with E-state index in [1.165, 1.54) is 29.3 Å². The number of rotatable bonds is 6. The minimum Gasteiger partial charge on any atom is -0.322 e. The molecule has 0 fully saturated rings. The SMILES string of the molecule is CC(C)(C)c1ccc(CSc2nc3ccc(NC(=O)c4ccccc4[N+](=O)[O-])cc3s2)cc1. The van der Waals surface area contributed by atoms with Crippen LogP contribution in [0.4, 0.5) is 11.4 Å². The molecule has 0 saturated heterocycles. The van der Waals surface area contributed by atoms with Gasteiger partial charge in [-0.25, -0.2) is 4.98 Å². The van der Waals surface area contributed by atoms with Gasteiger partial charge in [-0.15, -0.1) is 11.3 Å². The Kier molecular flexibility index (Phi) is 6.49. The van der Waals surface area contributed by atoms with Crippen molar-refractivity contribution in [1.29, 1.82) is 0 Å². The van der Waals surface area contributed by atoms with Crippen LogP contribution in [0.15, 0.2) is 71.1 Å². The summed E-state index contributed by atoms with van der Waals surface area (Å²) in [4.78, 5) is 27.9. The second kappa shape index (κ2) is 9.33. The fourth-order valence-electron chi connectivity index (χ4n) is 3.31. The molecular weight excluding hydrogens is 454 g/mol. The van der Waals surface area contributed by atoms with Crippen molar-refractivity contribution in [2.75, 3.05) is 5.32 Å². The lowest BCUT2D eigenvalue weighted by Crippen LogP contribution is -2.13. The average Bonchev–Trinajstić information content (AvgIpc) is 3.19. The van der Waals surface area contributed by atoms with Crippen LogP contribution in [0.5, 0.6) is 0 Å². The molecular formula is C25H23N3O3S2. The highest BCUT2D eigenvalue weighted by atomic mass is 32.2. The topological polar surface area (TPSA) is 85.1 Å². The summed E-state index contributed by atoms with van der Waals surface area (Å²) in [5.41, 5.74) is 3.93. The molecule has 0 aliphatic carbocycles. The summed E-state index contributed by atoms with van der Waals surface area (Å²) >= 11 is 3.24. The van der Waals surface area contributed by atoms with E-state index in [1.54, 1.807) is 35.2 Å². The van der Waals surface area contributed by atoms with Crippen molar-refractivity contribution in [3.05, 3.63) is 93.5 Å². The molecule has 0 aliphatic rings. The van der Waals surface area contributed by atoms with Gasteiger partial charge in [-0.1, -0.05) is 68.9 Å². The third-order valence-corrected chi connectivity index (χ3v) is 7.39. The number of nitro groups is 1. The Balaban J connectivity index is 1.45. The van der Waals surface area contributed by atoms with Gasteiger partial charge in [-0.2, -0.15) is 0 Å². The molecule has 0 spiro atoms. The Bertz CT molecular complexity index is 1320.